The third kappa shape index (κ3) is 4.13. The maximum Gasteiger partial charge on any atom is 0.265 e. The molecule has 0 amide bonds. The number of aromatic nitrogens is 2. The van der Waals surface area contributed by atoms with Gasteiger partial charge in [0.05, 0.1) is 17.2 Å². The average molecular weight is 363 g/mol. The highest BCUT2D eigenvalue weighted by Gasteiger charge is 2.20. The van der Waals surface area contributed by atoms with Gasteiger partial charge in [0.1, 0.15) is 12.4 Å². The highest BCUT2D eigenvalue weighted by molar-refractivity contribution is 6.64. The molecule has 0 fully saturated rings. The van der Waals surface area contributed by atoms with Gasteiger partial charge < -0.3 is 9.47 Å². The van der Waals surface area contributed by atoms with Crippen molar-refractivity contribution in [2.45, 2.75) is 6.10 Å². The van der Waals surface area contributed by atoms with Crippen molar-refractivity contribution in [1.29, 1.82) is 0 Å². The summed E-state index contributed by atoms with van der Waals surface area (Å²) in [6.07, 6.45) is 0.420. The fourth-order valence-electron chi connectivity index (χ4n) is 2.00. The molecule has 0 N–H and O–H groups in total. The number of ether oxygens (including phenoxy) is 2. The summed E-state index contributed by atoms with van der Waals surface area (Å²) in [6, 6.07) is 14.2. The Balaban J connectivity index is 1.74. The molecule has 1 aromatic heterocycles. The van der Waals surface area contributed by atoms with Gasteiger partial charge in [0, 0.05) is 5.02 Å². The van der Waals surface area contributed by atoms with E-state index in [2.05, 4.69) is 9.97 Å². The van der Waals surface area contributed by atoms with E-state index >= 15 is 0 Å². The zero-order valence-electron chi connectivity index (χ0n) is 12.4. The van der Waals surface area contributed by atoms with E-state index in [1.165, 1.54) is 6.20 Å². The third-order valence-corrected chi connectivity index (χ3v) is 3.62. The molecule has 122 valence electrons. The molecule has 0 saturated heterocycles. The van der Waals surface area contributed by atoms with Crippen LogP contribution in [0.3, 0.4) is 0 Å². The first kappa shape index (κ1) is 16.5. The second-order valence-electron chi connectivity index (χ2n) is 4.88. The molecule has 5 nitrogen and oxygen atoms in total. The molecular formula is C17H12Cl2N2O3. The molecule has 0 aliphatic heterocycles. The minimum Gasteiger partial charge on any atom is -0.489 e. The van der Waals surface area contributed by atoms with E-state index in [9.17, 15) is 4.79 Å². The molecule has 1 atom stereocenters. The molecule has 3 aromatic rings. The lowest BCUT2D eigenvalue weighted by molar-refractivity contribution is -0.119. The van der Waals surface area contributed by atoms with Gasteiger partial charge >= 0.3 is 0 Å². The quantitative estimate of drug-likeness (QED) is 0.622. The Kier molecular flexibility index (Phi) is 5.13. The van der Waals surface area contributed by atoms with Crippen molar-refractivity contribution in [2.75, 3.05) is 6.61 Å². The maximum absolute atomic E-state index is 11.6. The van der Waals surface area contributed by atoms with Gasteiger partial charge in [-0.3, -0.25) is 4.79 Å². The summed E-state index contributed by atoms with van der Waals surface area (Å²) in [7, 11) is 0. The Bertz CT molecular complexity index is 859. The van der Waals surface area contributed by atoms with Crippen LogP contribution in [0.1, 0.15) is 0 Å². The predicted molar refractivity (Wildman–Crippen MR) is 91.8 cm³/mol. The number of carbonyl (C=O) groups is 1. The minimum atomic E-state index is -1.00. The Hall–Kier alpha value is -2.37. The fraction of sp³-hybridized carbons (Fsp3) is 0.118. The first-order valence-electron chi connectivity index (χ1n) is 7.08. The summed E-state index contributed by atoms with van der Waals surface area (Å²) in [6.45, 7) is -0.0401. The van der Waals surface area contributed by atoms with Crippen LogP contribution in [-0.2, 0) is 4.79 Å². The second kappa shape index (κ2) is 7.47. The largest absolute Gasteiger partial charge is 0.489 e. The van der Waals surface area contributed by atoms with Crippen LogP contribution in [0.5, 0.6) is 11.6 Å². The zero-order valence-corrected chi connectivity index (χ0v) is 13.9. The number of hydrogen-bond donors (Lipinski definition) is 0. The SMILES string of the molecule is O=C(Cl)C(COc1ccccc1)Oc1cnc2ccc(Cl)cc2n1. The normalized spacial score (nSPS) is 11.9. The predicted octanol–water partition coefficient (Wildman–Crippen LogP) is 3.88. The van der Waals surface area contributed by atoms with Gasteiger partial charge in [-0.05, 0) is 41.9 Å². The van der Waals surface area contributed by atoms with Crippen LogP contribution < -0.4 is 9.47 Å². The van der Waals surface area contributed by atoms with Crippen molar-refractivity contribution < 1.29 is 14.3 Å². The molecule has 0 aliphatic carbocycles. The highest BCUT2D eigenvalue weighted by Crippen LogP contribution is 2.19. The van der Waals surface area contributed by atoms with E-state index in [1.807, 2.05) is 18.2 Å². The van der Waals surface area contributed by atoms with Gasteiger partial charge in [0.25, 0.3) is 5.24 Å². The molecule has 24 heavy (non-hydrogen) atoms. The van der Waals surface area contributed by atoms with Gasteiger partial charge in [0.15, 0.2) is 0 Å². The molecule has 0 aliphatic rings. The van der Waals surface area contributed by atoms with Crippen LogP contribution in [0, 0.1) is 0 Å². The summed E-state index contributed by atoms with van der Waals surface area (Å²) in [5.74, 6) is 0.779. The number of para-hydroxylation sites is 1. The van der Waals surface area contributed by atoms with Crippen molar-refractivity contribution >= 4 is 39.5 Å². The molecule has 3 rings (SSSR count). The number of nitrogens with zero attached hydrogens (tertiary/aromatic N) is 2. The lowest BCUT2D eigenvalue weighted by atomic mass is 10.3. The number of rotatable bonds is 6. The van der Waals surface area contributed by atoms with Crippen molar-refractivity contribution in [2.24, 2.45) is 0 Å². The molecule has 0 radical (unpaired) electrons. The van der Waals surface area contributed by atoms with E-state index in [4.69, 9.17) is 32.7 Å². The van der Waals surface area contributed by atoms with Crippen molar-refractivity contribution in [1.82, 2.24) is 9.97 Å². The van der Waals surface area contributed by atoms with Gasteiger partial charge in [-0.25, -0.2) is 9.97 Å². The molecule has 7 heteroatoms. The molecule has 1 unspecified atom stereocenters. The van der Waals surface area contributed by atoms with Gasteiger partial charge in [-0.15, -0.1) is 0 Å². The number of hydrogen-bond acceptors (Lipinski definition) is 5. The summed E-state index contributed by atoms with van der Waals surface area (Å²) >= 11 is 11.5. The van der Waals surface area contributed by atoms with Gasteiger partial charge in [-0.2, -0.15) is 0 Å². The first-order chi connectivity index (χ1) is 11.6. The Morgan fingerprint density at radius 1 is 1.12 bits per heavy atom. The molecule has 0 spiro atoms. The third-order valence-electron chi connectivity index (χ3n) is 3.14. The molecule has 1 heterocycles. The fourth-order valence-corrected chi connectivity index (χ4v) is 2.28. The second-order valence-corrected chi connectivity index (χ2v) is 5.68. The Labute approximate surface area is 148 Å². The smallest absolute Gasteiger partial charge is 0.265 e. The van der Waals surface area contributed by atoms with Crippen molar-refractivity contribution in [3.63, 3.8) is 0 Å². The monoisotopic (exact) mass is 362 g/mol. The standard InChI is InChI=1S/C17H12Cl2N2O3/c18-11-6-7-13-14(8-11)21-16(9-20-13)24-15(17(19)22)10-23-12-4-2-1-3-5-12/h1-9,15H,10H2. The summed E-state index contributed by atoms with van der Waals surface area (Å²) in [4.78, 5) is 20.1. The molecule has 2 aromatic carbocycles. The number of halogens is 2. The van der Waals surface area contributed by atoms with E-state index in [0.717, 1.165) is 0 Å². The lowest BCUT2D eigenvalue weighted by Crippen LogP contribution is -2.31. The van der Waals surface area contributed by atoms with E-state index in [1.54, 1.807) is 30.3 Å². The number of fused-ring (bicyclic) bond motifs is 1. The maximum atomic E-state index is 11.6. The zero-order chi connectivity index (χ0) is 16.9. The molecule has 0 saturated carbocycles. The van der Waals surface area contributed by atoms with Crippen LogP contribution in [0.4, 0.5) is 0 Å². The van der Waals surface area contributed by atoms with Crippen LogP contribution in [0.25, 0.3) is 11.0 Å². The Morgan fingerprint density at radius 3 is 2.67 bits per heavy atom. The van der Waals surface area contributed by atoms with Gasteiger partial charge in [0.2, 0.25) is 12.0 Å². The van der Waals surface area contributed by atoms with Crippen LogP contribution >= 0.6 is 23.2 Å². The van der Waals surface area contributed by atoms with Crippen LogP contribution in [0.2, 0.25) is 5.02 Å². The molecular weight excluding hydrogens is 351 g/mol. The number of carbonyl (C=O) groups excluding carboxylic acids is 1. The van der Waals surface area contributed by atoms with Crippen LogP contribution in [0.15, 0.2) is 54.7 Å². The average Bonchev–Trinajstić information content (AvgIpc) is 2.59. The van der Waals surface area contributed by atoms with Gasteiger partial charge in [-0.1, -0.05) is 29.8 Å². The van der Waals surface area contributed by atoms with Crippen molar-refractivity contribution in [3.05, 3.63) is 59.8 Å². The number of benzene rings is 2. The molecule has 0 bridgehead atoms. The van der Waals surface area contributed by atoms with Crippen molar-refractivity contribution in [3.8, 4) is 11.6 Å². The van der Waals surface area contributed by atoms with E-state index in [-0.39, 0.29) is 12.5 Å². The Morgan fingerprint density at radius 2 is 1.92 bits per heavy atom. The minimum absolute atomic E-state index is 0.0401. The van der Waals surface area contributed by atoms with Crippen LogP contribution in [-0.4, -0.2) is 27.9 Å². The summed E-state index contributed by atoms with van der Waals surface area (Å²) in [5, 5.41) is -0.148. The first-order valence-corrected chi connectivity index (χ1v) is 7.83. The lowest BCUT2D eigenvalue weighted by Gasteiger charge is -2.15. The summed E-state index contributed by atoms with van der Waals surface area (Å²) < 4.78 is 11.0. The highest BCUT2D eigenvalue weighted by atomic mass is 35.5. The topological polar surface area (TPSA) is 61.3 Å². The van der Waals surface area contributed by atoms with E-state index < -0.39 is 11.3 Å². The van der Waals surface area contributed by atoms with E-state index in [0.29, 0.717) is 21.8 Å². The summed E-state index contributed by atoms with van der Waals surface area (Å²) in [5.41, 5.74) is 1.23.